The van der Waals surface area contributed by atoms with Gasteiger partial charge in [0.2, 0.25) is 5.91 Å². The van der Waals surface area contributed by atoms with Crippen LogP contribution in [0.2, 0.25) is 0 Å². The van der Waals surface area contributed by atoms with E-state index in [2.05, 4.69) is 30.4 Å². The zero-order valence-electron chi connectivity index (χ0n) is 11.7. The van der Waals surface area contributed by atoms with Crippen molar-refractivity contribution in [2.75, 3.05) is 13.1 Å². The van der Waals surface area contributed by atoms with Crippen molar-refractivity contribution in [1.82, 2.24) is 10.6 Å². The van der Waals surface area contributed by atoms with Gasteiger partial charge in [0.15, 0.2) is 0 Å². The maximum atomic E-state index is 12.5. The summed E-state index contributed by atoms with van der Waals surface area (Å²) in [6, 6.07) is -0.113. The van der Waals surface area contributed by atoms with Gasteiger partial charge in [0.05, 0.1) is 11.5 Å². The molecule has 1 fully saturated rings. The van der Waals surface area contributed by atoms with Gasteiger partial charge in [0, 0.05) is 6.54 Å². The van der Waals surface area contributed by atoms with E-state index >= 15 is 0 Å². The van der Waals surface area contributed by atoms with Crippen molar-refractivity contribution < 1.29 is 4.79 Å². The summed E-state index contributed by atoms with van der Waals surface area (Å²) in [5.74, 6) is 2.83. The van der Waals surface area contributed by atoms with Crippen molar-refractivity contribution in [1.29, 1.82) is 0 Å². The second kappa shape index (κ2) is 7.43. The molecular weight excluding hydrogens is 224 g/mol. The summed E-state index contributed by atoms with van der Waals surface area (Å²) in [4.78, 5) is 12.5. The van der Waals surface area contributed by atoms with Crippen molar-refractivity contribution in [3.63, 3.8) is 0 Å². The van der Waals surface area contributed by atoms with E-state index < -0.39 is 0 Å². The molecule has 0 radical (unpaired) electrons. The predicted octanol–water partition coefficient (Wildman–Crippen LogP) is 2.07. The van der Waals surface area contributed by atoms with Crippen LogP contribution in [-0.4, -0.2) is 25.0 Å². The number of hydrogen-bond donors (Lipinski definition) is 2. The van der Waals surface area contributed by atoms with E-state index in [1.54, 1.807) is 0 Å². The van der Waals surface area contributed by atoms with Gasteiger partial charge in [-0.05, 0) is 32.2 Å². The predicted molar refractivity (Wildman–Crippen MR) is 75.1 cm³/mol. The summed E-state index contributed by atoms with van der Waals surface area (Å²) in [5.41, 5.74) is -0.240. The minimum absolute atomic E-state index is 0.113. The van der Waals surface area contributed by atoms with Crippen LogP contribution in [0.5, 0.6) is 0 Å². The summed E-state index contributed by atoms with van der Waals surface area (Å²) >= 11 is 0. The molecule has 18 heavy (non-hydrogen) atoms. The molecule has 0 aromatic rings. The van der Waals surface area contributed by atoms with E-state index in [1.165, 1.54) is 0 Å². The smallest absolute Gasteiger partial charge is 0.228 e. The lowest BCUT2D eigenvalue weighted by Gasteiger charge is -2.37. The Kier molecular flexibility index (Phi) is 6.21. The van der Waals surface area contributed by atoms with E-state index in [0.29, 0.717) is 0 Å². The second-order valence-corrected chi connectivity index (χ2v) is 5.29. The summed E-state index contributed by atoms with van der Waals surface area (Å²) < 4.78 is 0. The highest BCUT2D eigenvalue weighted by Crippen LogP contribution is 2.32. The fraction of sp³-hybridized carbons (Fsp3) is 0.800. The van der Waals surface area contributed by atoms with E-state index in [9.17, 15) is 4.79 Å². The fourth-order valence-corrected chi connectivity index (χ4v) is 2.76. The molecule has 2 unspecified atom stereocenters. The molecule has 0 saturated carbocycles. The minimum atomic E-state index is -0.240. The van der Waals surface area contributed by atoms with Gasteiger partial charge in [0.1, 0.15) is 0 Å². The highest BCUT2D eigenvalue weighted by molar-refractivity contribution is 5.83. The van der Waals surface area contributed by atoms with Crippen molar-refractivity contribution in [2.24, 2.45) is 5.41 Å². The molecule has 1 saturated heterocycles. The number of carbonyl (C=O) groups excluding carboxylic acids is 1. The zero-order chi connectivity index (χ0) is 13.4. The monoisotopic (exact) mass is 250 g/mol. The highest BCUT2D eigenvalue weighted by Gasteiger charge is 2.39. The van der Waals surface area contributed by atoms with Gasteiger partial charge >= 0.3 is 0 Å². The van der Waals surface area contributed by atoms with Gasteiger partial charge in [-0.25, -0.2) is 0 Å². The molecule has 0 bridgehead atoms. The zero-order valence-corrected chi connectivity index (χ0v) is 11.7. The fourth-order valence-electron chi connectivity index (χ4n) is 2.76. The van der Waals surface area contributed by atoms with Gasteiger partial charge in [-0.3, -0.25) is 4.79 Å². The Hall–Kier alpha value is -1.01. The van der Waals surface area contributed by atoms with Crippen molar-refractivity contribution in [3.8, 4) is 12.3 Å². The Balaban J connectivity index is 2.67. The lowest BCUT2D eigenvalue weighted by molar-refractivity contribution is -0.133. The van der Waals surface area contributed by atoms with Crippen molar-refractivity contribution in [2.45, 2.75) is 58.4 Å². The molecule has 0 aromatic heterocycles. The third-order valence-electron chi connectivity index (χ3n) is 3.77. The third-order valence-corrected chi connectivity index (χ3v) is 3.77. The summed E-state index contributed by atoms with van der Waals surface area (Å²) in [7, 11) is 0. The number of amides is 1. The quantitative estimate of drug-likeness (QED) is 0.709. The number of piperidine rings is 1. The Morgan fingerprint density at radius 2 is 2.28 bits per heavy atom. The van der Waals surface area contributed by atoms with Crippen molar-refractivity contribution in [3.05, 3.63) is 0 Å². The van der Waals surface area contributed by atoms with E-state index in [4.69, 9.17) is 6.42 Å². The number of carbonyl (C=O) groups is 1. The van der Waals surface area contributed by atoms with Crippen LogP contribution in [0.3, 0.4) is 0 Å². The molecule has 1 aliphatic rings. The Morgan fingerprint density at radius 3 is 2.78 bits per heavy atom. The molecule has 0 spiro atoms. The largest absolute Gasteiger partial charge is 0.342 e. The van der Waals surface area contributed by atoms with Gasteiger partial charge in [0.25, 0.3) is 0 Å². The number of terminal acetylenes is 1. The topological polar surface area (TPSA) is 41.1 Å². The molecule has 102 valence electrons. The standard InChI is InChI=1S/C15H26N2O/c1-4-8-13(6-3)17-14(18)15(9-5-2)10-7-11-16-12-15/h3,13,16H,4-5,7-12H2,1-2H3,(H,17,18). The number of nitrogens with one attached hydrogen (secondary N) is 2. The van der Waals surface area contributed by atoms with Gasteiger partial charge in [-0.1, -0.05) is 32.6 Å². The van der Waals surface area contributed by atoms with Crippen LogP contribution in [0.25, 0.3) is 0 Å². The molecule has 0 aliphatic carbocycles. The molecule has 1 heterocycles. The minimum Gasteiger partial charge on any atom is -0.342 e. The first-order valence-electron chi connectivity index (χ1n) is 7.16. The molecule has 2 atom stereocenters. The van der Waals surface area contributed by atoms with Crippen LogP contribution < -0.4 is 10.6 Å². The van der Waals surface area contributed by atoms with Crippen LogP contribution in [0.15, 0.2) is 0 Å². The summed E-state index contributed by atoms with van der Waals surface area (Å²) in [6.07, 6.45) is 11.3. The van der Waals surface area contributed by atoms with E-state index in [0.717, 1.165) is 51.6 Å². The first-order valence-corrected chi connectivity index (χ1v) is 7.16. The first-order chi connectivity index (χ1) is 8.68. The van der Waals surface area contributed by atoms with Crippen LogP contribution in [0.4, 0.5) is 0 Å². The van der Waals surface area contributed by atoms with E-state index in [-0.39, 0.29) is 17.4 Å². The molecule has 1 aliphatic heterocycles. The average Bonchev–Trinajstić information content (AvgIpc) is 2.39. The molecule has 1 amide bonds. The van der Waals surface area contributed by atoms with Crippen LogP contribution in [-0.2, 0) is 4.79 Å². The number of hydrogen-bond acceptors (Lipinski definition) is 2. The Bertz CT molecular complexity index is 295. The first kappa shape index (κ1) is 15.0. The Labute approximate surface area is 111 Å². The van der Waals surface area contributed by atoms with E-state index in [1.807, 2.05) is 0 Å². The molecule has 1 rings (SSSR count). The van der Waals surface area contributed by atoms with Gasteiger partial charge in [-0.2, -0.15) is 0 Å². The maximum Gasteiger partial charge on any atom is 0.228 e. The third kappa shape index (κ3) is 3.74. The second-order valence-electron chi connectivity index (χ2n) is 5.29. The lowest BCUT2D eigenvalue weighted by Crippen LogP contribution is -2.52. The van der Waals surface area contributed by atoms with Gasteiger partial charge in [-0.15, -0.1) is 6.42 Å². The SMILES string of the molecule is C#CC(CCC)NC(=O)C1(CCC)CCCNC1. The molecule has 2 N–H and O–H groups in total. The maximum absolute atomic E-state index is 12.5. The highest BCUT2D eigenvalue weighted by atomic mass is 16.2. The van der Waals surface area contributed by atoms with Gasteiger partial charge < -0.3 is 10.6 Å². The lowest BCUT2D eigenvalue weighted by atomic mass is 9.76. The molecular formula is C15H26N2O. The Morgan fingerprint density at radius 1 is 1.50 bits per heavy atom. The molecule has 3 nitrogen and oxygen atoms in total. The summed E-state index contributed by atoms with van der Waals surface area (Å²) in [5, 5.41) is 6.40. The molecule has 3 heteroatoms. The van der Waals surface area contributed by atoms with Crippen LogP contribution in [0, 0.1) is 17.8 Å². The van der Waals surface area contributed by atoms with Crippen LogP contribution >= 0.6 is 0 Å². The molecule has 0 aromatic carbocycles. The average molecular weight is 250 g/mol. The van der Waals surface area contributed by atoms with Crippen molar-refractivity contribution >= 4 is 5.91 Å². The summed E-state index contributed by atoms with van der Waals surface area (Å²) in [6.45, 7) is 6.02. The number of rotatable bonds is 6. The normalized spacial score (nSPS) is 25.2. The van der Waals surface area contributed by atoms with Crippen LogP contribution in [0.1, 0.15) is 52.4 Å².